The molecule has 2 aromatic rings. The van der Waals surface area contributed by atoms with E-state index in [2.05, 4.69) is 10.2 Å². The lowest BCUT2D eigenvalue weighted by Crippen LogP contribution is -1.69. The van der Waals surface area contributed by atoms with Crippen LogP contribution in [-0.2, 0) is 0 Å². The predicted octanol–water partition coefficient (Wildman–Crippen LogP) is 5.11. The number of halogens is 2. The number of phenols is 1. The van der Waals surface area contributed by atoms with Crippen LogP contribution in [0.5, 0.6) is 5.75 Å². The van der Waals surface area contributed by atoms with E-state index in [1.807, 2.05) is 0 Å². The molecular formula is C12H8Cl2N2O. The van der Waals surface area contributed by atoms with E-state index in [1.165, 1.54) is 12.1 Å². The Bertz CT molecular complexity index is 553. The molecule has 2 aromatic carbocycles. The van der Waals surface area contributed by atoms with Crippen LogP contribution >= 0.6 is 23.2 Å². The Labute approximate surface area is 108 Å². The molecule has 0 aliphatic rings. The summed E-state index contributed by atoms with van der Waals surface area (Å²) in [4.78, 5) is 0. The molecule has 0 amide bonds. The molecule has 3 nitrogen and oxygen atoms in total. The van der Waals surface area contributed by atoms with Crippen LogP contribution in [0.25, 0.3) is 0 Å². The number of hydrogen-bond acceptors (Lipinski definition) is 3. The van der Waals surface area contributed by atoms with Crippen LogP contribution in [0.2, 0.25) is 10.0 Å². The van der Waals surface area contributed by atoms with Gasteiger partial charge in [0.1, 0.15) is 11.4 Å². The molecule has 0 unspecified atom stereocenters. The fourth-order valence-corrected chi connectivity index (χ4v) is 1.64. The molecule has 0 aliphatic carbocycles. The fourth-order valence-electron chi connectivity index (χ4n) is 1.19. The van der Waals surface area contributed by atoms with Gasteiger partial charge in [-0.15, -0.1) is 5.11 Å². The molecule has 0 bridgehead atoms. The maximum Gasteiger partial charge on any atom is 0.115 e. The van der Waals surface area contributed by atoms with Crippen molar-refractivity contribution in [2.75, 3.05) is 0 Å². The molecule has 2 rings (SSSR count). The van der Waals surface area contributed by atoms with Crippen molar-refractivity contribution in [3.05, 3.63) is 52.5 Å². The van der Waals surface area contributed by atoms with Crippen LogP contribution in [0.1, 0.15) is 0 Å². The van der Waals surface area contributed by atoms with Crippen molar-refractivity contribution in [2.45, 2.75) is 0 Å². The summed E-state index contributed by atoms with van der Waals surface area (Å²) in [6.45, 7) is 0. The molecule has 0 spiro atoms. The number of phenolic OH excluding ortho intramolecular Hbond substituents is 1. The molecule has 0 aromatic heterocycles. The van der Waals surface area contributed by atoms with Crippen molar-refractivity contribution in [1.29, 1.82) is 0 Å². The normalized spacial score (nSPS) is 10.9. The molecule has 17 heavy (non-hydrogen) atoms. The lowest BCUT2D eigenvalue weighted by molar-refractivity contribution is 0.475. The van der Waals surface area contributed by atoms with E-state index < -0.39 is 0 Å². The molecule has 5 heteroatoms. The van der Waals surface area contributed by atoms with Gasteiger partial charge in [-0.3, -0.25) is 0 Å². The summed E-state index contributed by atoms with van der Waals surface area (Å²) < 4.78 is 0. The first kappa shape index (κ1) is 11.9. The van der Waals surface area contributed by atoms with Gasteiger partial charge in [0.15, 0.2) is 0 Å². The SMILES string of the molecule is Oc1ccc(N=Nc2ccc(Cl)cc2Cl)cc1. The number of aromatic hydroxyl groups is 1. The quantitative estimate of drug-likeness (QED) is 0.754. The van der Waals surface area contributed by atoms with Gasteiger partial charge < -0.3 is 5.11 Å². The summed E-state index contributed by atoms with van der Waals surface area (Å²) in [5.41, 5.74) is 1.18. The Kier molecular flexibility index (Phi) is 3.61. The first-order valence-corrected chi connectivity index (χ1v) is 5.56. The zero-order valence-electron chi connectivity index (χ0n) is 8.64. The third-order valence-corrected chi connectivity index (χ3v) is 2.57. The highest BCUT2D eigenvalue weighted by Gasteiger charge is 1.99. The largest absolute Gasteiger partial charge is 0.508 e. The second kappa shape index (κ2) is 5.17. The molecule has 0 atom stereocenters. The fraction of sp³-hybridized carbons (Fsp3) is 0. The number of azo groups is 1. The summed E-state index contributed by atoms with van der Waals surface area (Å²) in [6.07, 6.45) is 0. The van der Waals surface area contributed by atoms with Gasteiger partial charge in [-0.25, -0.2) is 0 Å². The first-order chi connectivity index (χ1) is 8.15. The third kappa shape index (κ3) is 3.19. The second-order valence-electron chi connectivity index (χ2n) is 3.31. The summed E-state index contributed by atoms with van der Waals surface area (Å²) in [5, 5.41) is 18.1. The van der Waals surface area contributed by atoms with Crippen molar-refractivity contribution in [3.63, 3.8) is 0 Å². The van der Waals surface area contributed by atoms with Crippen molar-refractivity contribution in [3.8, 4) is 5.75 Å². The minimum Gasteiger partial charge on any atom is -0.508 e. The third-order valence-electron chi connectivity index (χ3n) is 2.03. The summed E-state index contributed by atoms with van der Waals surface area (Å²) >= 11 is 11.7. The Morgan fingerprint density at radius 2 is 1.59 bits per heavy atom. The van der Waals surface area contributed by atoms with Gasteiger partial charge in [0.25, 0.3) is 0 Å². The van der Waals surface area contributed by atoms with Crippen molar-refractivity contribution in [2.24, 2.45) is 10.2 Å². The Morgan fingerprint density at radius 1 is 0.882 bits per heavy atom. The molecule has 0 aliphatic heterocycles. The maximum atomic E-state index is 9.11. The van der Waals surface area contributed by atoms with E-state index in [0.717, 1.165) is 0 Å². The topological polar surface area (TPSA) is 45.0 Å². The molecule has 0 fully saturated rings. The van der Waals surface area contributed by atoms with Crippen LogP contribution in [0.3, 0.4) is 0 Å². The Balaban J connectivity index is 2.23. The van der Waals surface area contributed by atoms with Gasteiger partial charge in [0, 0.05) is 5.02 Å². The summed E-state index contributed by atoms with van der Waals surface area (Å²) in [7, 11) is 0. The number of nitrogens with zero attached hydrogens (tertiary/aromatic N) is 2. The van der Waals surface area contributed by atoms with E-state index in [4.69, 9.17) is 28.3 Å². The Morgan fingerprint density at radius 3 is 2.24 bits per heavy atom. The average molecular weight is 267 g/mol. The second-order valence-corrected chi connectivity index (χ2v) is 4.16. The summed E-state index contributed by atoms with van der Waals surface area (Å²) in [5.74, 6) is 0.188. The van der Waals surface area contributed by atoms with Gasteiger partial charge in [0.2, 0.25) is 0 Å². The van der Waals surface area contributed by atoms with Crippen molar-refractivity contribution >= 4 is 34.6 Å². The predicted molar refractivity (Wildman–Crippen MR) is 68.7 cm³/mol. The number of benzene rings is 2. The van der Waals surface area contributed by atoms with Gasteiger partial charge in [-0.05, 0) is 42.5 Å². The van der Waals surface area contributed by atoms with Gasteiger partial charge in [-0.2, -0.15) is 5.11 Å². The van der Waals surface area contributed by atoms with E-state index in [1.54, 1.807) is 30.3 Å². The first-order valence-electron chi connectivity index (χ1n) is 4.81. The van der Waals surface area contributed by atoms with Gasteiger partial charge >= 0.3 is 0 Å². The molecule has 0 saturated heterocycles. The van der Waals surface area contributed by atoms with E-state index >= 15 is 0 Å². The smallest absolute Gasteiger partial charge is 0.115 e. The van der Waals surface area contributed by atoms with Crippen LogP contribution in [0, 0.1) is 0 Å². The minimum absolute atomic E-state index is 0.188. The van der Waals surface area contributed by atoms with Crippen molar-refractivity contribution in [1.82, 2.24) is 0 Å². The molecule has 0 radical (unpaired) electrons. The monoisotopic (exact) mass is 266 g/mol. The average Bonchev–Trinajstić information content (AvgIpc) is 2.30. The highest BCUT2D eigenvalue weighted by atomic mass is 35.5. The molecule has 1 N–H and O–H groups in total. The standard InChI is InChI=1S/C12H8Cl2N2O/c13-8-1-6-12(11(14)7-8)16-15-9-2-4-10(17)5-3-9/h1-7,17H. The van der Waals surface area contributed by atoms with Crippen LogP contribution in [0.4, 0.5) is 11.4 Å². The van der Waals surface area contributed by atoms with Crippen LogP contribution in [0.15, 0.2) is 52.7 Å². The molecular weight excluding hydrogens is 259 g/mol. The number of hydrogen-bond donors (Lipinski definition) is 1. The zero-order valence-corrected chi connectivity index (χ0v) is 10.2. The molecule has 86 valence electrons. The highest BCUT2D eigenvalue weighted by molar-refractivity contribution is 6.36. The lowest BCUT2D eigenvalue weighted by Gasteiger charge is -1.97. The summed E-state index contributed by atoms with van der Waals surface area (Å²) in [6, 6.07) is 11.4. The van der Waals surface area contributed by atoms with Gasteiger partial charge in [-0.1, -0.05) is 23.2 Å². The number of rotatable bonds is 2. The van der Waals surface area contributed by atoms with Gasteiger partial charge in [0.05, 0.1) is 10.7 Å². The van der Waals surface area contributed by atoms with E-state index in [9.17, 15) is 0 Å². The molecule has 0 heterocycles. The van der Waals surface area contributed by atoms with Crippen molar-refractivity contribution < 1.29 is 5.11 Å². The zero-order chi connectivity index (χ0) is 12.3. The van der Waals surface area contributed by atoms with Crippen LogP contribution in [-0.4, -0.2) is 5.11 Å². The van der Waals surface area contributed by atoms with Crippen LogP contribution < -0.4 is 0 Å². The minimum atomic E-state index is 0.188. The lowest BCUT2D eigenvalue weighted by atomic mass is 10.3. The van der Waals surface area contributed by atoms with E-state index in [-0.39, 0.29) is 5.75 Å². The molecule has 0 saturated carbocycles. The Hall–Kier alpha value is -1.58. The maximum absolute atomic E-state index is 9.11. The highest BCUT2D eigenvalue weighted by Crippen LogP contribution is 2.29. The van der Waals surface area contributed by atoms with E-state index in [0.29, 0.717) is 21.4 Å².